The molecule has 2 rings (SSSR count). The van der Waals surface area contributed by atoms with E-state index in [1.165, 1.54) is 38.5 Å². The van der Waals surface area contributed by atoms with Crippen LogP contribution in [0.25, 0.3) is 0 Å². The lowest BCUT2D eigenvalue weighted by Gasteiger charge is -2.35. The monoisotopic (exact) mass is 267 g/mol. The molecule has 1 amide bonds. The molecule has 0 aromatic heterocycles. The first-order valence-corrected chi connectivity index (χ1v) is 7.89. The molecular formula is C15H29N3O. The van der Waals surface area contributed by atoms with E-state index < -0.39 is 0 Å². The van der Waals surface area contributed by atoms with Crippen molar-refractivity contribution in [3.63, 3.8) is 0 Å². The molecule has 2 N–H and O–H groups in total. The van der Waals surface area contributed by atoms with E-state index in [4.69, 9.17) is 0 Å². The zero-order chi connectivity index (χ0) is 13.7. The number of rotatable bonds is 5. The van der Waals surface area contributed by atoms with E-state index in [1.54, 1.807) is 0 Å². The quantitative estimate of drug-likeness (QED) is 0.790. The minimum Gasteiger partial charge on any atom is -0.352 e. The molecule has 4 nitrogen and oxygen atoms in total. The van der Waals surface area contributed by atoms with Gasteiger partial charge in [-0.05, 0) is 65.2 Å². The predicted molar refractivity (Wildman–Crippen MR) is 78.1 cm³/mol. The van der Waals surface area contributed by atoms with Gasteiger partial charge in [-0.25, -0.2) is 0 Å². The Morgan fingerprint density at radius 2 is 1.84 bits per heavy atom. The van der Waals surface area contributed by atoms with E-state index in [0.29, 0.717) is 6.04 Å². The van der Waals surface area contributed by atoms with Gasteiger partial charge in [0.05, 0.1) is 6.04 Å². The summed E-state index contributed by atoms with van der Waals surface area (Å²) in [5, 5.41) is 6.47. The molecule has 0 aromatic rings. The van der Waals surface area contributed by atoms with Crippen LogP contribution in [0.5, 0.6) is 0 Å². The topological polar surface area (TPSA) is 44.4 Å². The summed E-state index contributed by atoms with van der Waals surface area (Å²) in [6.45, 7) is 5.29. The van der Waals surface area contributed by atoms with Crippen LogP contribution in [0.1, 0.15) is 45.4 Å². The molecule has 1 saturated carbocycles. The van der Waals surface area contributed by atoms with Crippen molar-refractivity contribution in [2.75, 3.05) is 26.7 Å². The first-order chi connectivity index (χ1) is 9.20. The predicted octanol–water partition coefficient (Wildman–Crippen LogP) is 1.37. The molecule has 2 aliphatic rings. The van der Waals surface area contributed by atoms with Crippen LogP contribution in [0.2, 0.25) is 0 Å². The summed E-state index contributed by atoms with van der Waals surface area (Å²) in [5.41, 5.74) is 0. The van der Waals surface area contributed by atoms with Gasteiger partial charge in [0.15, 0.2) is 0 Å². The van der Waals surface area contributed by atoms with Gasteiger partial charge in [0.2, 0.25) is 5.91 Å². The maximum Gasteiger partial charge on any atom is 0.237 e. The van der Waals surface area contributed by atoms with E-state index in [1.807, 2.05) is 7.05 Å². The van der Waals surface area contributed by atoms with Crippen molar-refractivity contribution in [2.45, 2.75) is 57.5 Å². The molecule has 0 radical (unpaired) electrons. The zero-order valence-electron chi connectivity index (χ0n) is 12.5. The second-order valence-corrected chi connectivity index (χ2v) is 6.20. The number of nitrogens with one attached hydrogen (secondary N) is 2. The number of carbonyl (C=O) groups is 1. The molecule has 4 heteroatoms. The van der Waals surface area contributed by atoms with Crippen LogP contribution in [-0.4, -0.2) is 49.6 Å². The maximum atomic E-state index is 12.2. The third kappa shape index (κ3) is 4.18. The minimum absolute atomic E-state index is 0.0381. The fraction of sp³-hybridized carbons (Fsp3) is 0.933. The van der Waals surface area contributed by atoms with Crippen LogP contribution in [0, 0.1) is 5.92 Å². The lowest BCUT2D eigenvalue weighted by molar-refractivity contribution is -0.127. The molecule has 1 aliphatic heterocycles. The van der Waals surface area contributed by atoms with Gasteiger partial charge in [0.25, 0.3) is 0 Å². The zero-order valence-corrected chi connectivity index (χ0v) is 12.5. The van der Waals surface area contributed by atoms with Crippen molar-refractivity contribution in [2.24, 2.45) is 5.92 Å². The number of likely N-dealkylation sites (tertiary alicyclic amines) is 1. The number of hydrogen-bond donors (Lipinski definition) is 2. The second kappa shape index (κ2) is 7.25. The maximum absolute atomic E-state index is 12.2. The van der Waals surface area contributed by atoms with E-state index in [9.17, 15) is 4.79 Å². The van der Waals surface area contributed by atoms with Crippen molar-refractivity contribution in [3.8, 4) is 0 Å². The molecule has 1 unspecified atom stereocenters. The molecule has 110 valence electrons. The Bertz CT molecular complexity index is 281. The molecule has 2 fully saturated rings. The molecule has 0 spiro atoms. The number of piperidine rings is 1. The highest BCUT2D eigenvalue weighted by atomic mass is 16.2. The largest absolute Gasteiger partial charge is 0.352 e. The Balaban J connectivity index is 1.73. The number of nitrogens with zero attached hydrogens (tertiary/aromatic N) is 1. The highest BCUT2D eigenvalue weighted by molar-refractivity contribution is 5.81. The summed E-state index contributed by atoms with van der Waals surface area (Å²) in [4.78, 5) is 14.6. The first-order valence-electron chi connectivity index (χ1n) is 7.89. The smallest absolute Gasteiger partial charge is 0.237 e. The molecule has 1 atom stereocenters. The summed E-state index contributed by atoms with van der Waals surface area (Å²) in [6.07, 6.45) is 7.30. The fourth-order valence-corrected chi connectivity index (χ4v) is 3.39. The Morgan fingerprint density at radius 3 is 2.42 bits per heavy atom. The van der Waals surface area contributed by atoms with Gasteiger partial charge in [-0.1, -0.05) is 12.8 Å². The molecule has 19 heavy (non-hydrogen) atoms. The van der Waals surface area contributed by atoms with Crippen LogP contribution in [0.15, 0.2) is 0 Å². The molecule has 0 aromatic carbocycles. The fourth-order valence-electron chi connectivity index (χ4n) is 3.39. The van der Waals surface area contributed by atoms with Gasteiger partial charge in [-0.3, -0.25) is 9.69 Å². The summed E-state index contributed by atoms with van der Waals surface area (Å²) in [7, 11) is 2.02. The van der Waals surface area contributed by atoms with Crippen LogP contribution in [0.4, 0.5) is 0 Å². The molecular weight excluding hydrogens is 238 g/mol. The van der Waals surface area contributed by atoms with Gasteiger partial charge in [-0.2, -0.15) is 0 Å². The minimum atomic E-state index is 0.0381. The Labute approximate surface area is 117 Å². The van der Waals surface area contributed by atoms with Crippen molar-refractivity contribution < 1.29 is 4.79 Å². The summed E-state index contributed by atoms with van der Waals surface area (Å²) < 4.78 is 0. The SMILES string of the molecule is CNCC1CCN(C(C)C(=O)NC2CCCC2)CC1. The van der Waals surface area contributed by atoms with Crippen LogP contribution in [-0.2, 0) is 4.79 Å². The third-order valence-electron chi connectivity index (χ3n) is 4.77. The van der Waals surface area contributed by atoms with E-state index in [0.717, 1.165) is 25.6 Å². The Morgan fingerprint density at radius 1 is 1.21 bits per heavy atom. The second-order valence-electron chi connectivity index (χ2n) is 6.20. The molecule has 1 saturated heterocycles. The van der Waals surface area contributed by atoms with Crippen molar-refractivity contribution in [1.82, 2.24) is 15.5 Å². The average molecular weight is 267 g/mol. The third-order valence-corrected chi connectivity index (χ3v) is 4.77. The lowest BCUT2D eigenvalue weighted by Crippen LogP contribution is -2.50. The summed E-state index contributed by atoms with van der Waals surface area (Å²) in [6, 6.07) is 0.480. The van der Waals surface area contributed by atoms with E-state index in [-0.39, 0.29) is 11.9 Å². The van der Waals surface area contributed by atoms with Crippen LogP contribution in [0.3, 0.4) is 0 Å². The van der Waals surface area contributed by atoms with Gasteiger partial charge in [0.1, 0.15) is 0 Å². The highest BCUT2D eigenvalue weighted by Gasteiger charge is 2.28. The standard InChI is InChI=1S/C15H29N3O/c1-12(15(19)17-14-5-3-4-6-14)18-9-7-13(8-10-18)11-16-2/h12-14,16H,3-11H2,1-2H3,(H,17,19). The summed E-state index contributed by atoms with van der Waals surface area (Å²) >= 11 is 0. The molecule has 1 heterocycles. The Kier molecular flexibility index (Phi) is 5.64. The van der Waals surface area contributed by atoms with Crippen LogP contribution < -0.4 is 10.6 Å². The van der Waals surface area contributed by atoms with Gasteiger partial charge in [0, 0.05) is 6.04 Å². The number of amides is 1. The number of carbonyl (C=O) groups excluding carboxylic acids is 1. The van der Waals surface area contributed by atoms with Gasteiger partial charge >= 0.3 is 0 Å². The molecule has 1 aliphatic carbocycles. The van der Waals surface area contributed by atoms with Crippen molar-refractivity contribution in [1.29, 1.82) is 0 Å². The van der Waals surface area contributed by atoms with Crippen molar-refractivity contribution in [3.05, 3.63) is 0 Å². The number of hydrogen-bond acceptors (Lipinski definition) is 3. The highest BCUT2D eigenvalue weighted by Crippen LogP contribution is 2.20. The summed E-state index contributed by atoms with van der Waals surface area (Å²) in [5.74, 6) is 1.02. The van der Waals surface area contributed by atoms with E-state index in [2.05, 4.69) is 22.5 Å². The van der Waals surface area contributed by atoms with Gasteiger partial charge in [-0.15, -0.1) is 0 Å². The normalized spacial score (nSPS) is 24.5. The Hall–Kier alpha value is -0.610. The average Bonchev–Trinajstić information content (AvgIpc) is 2.92. The van der Waals surface area contributed by atoms with E-state index >= 15 is 0 Å². The first kappa shape index (κ1) is 14.8. The van der Waals surface area contributed by atoms with Crippen molar-refractivity contribution >= 4 is 5.91 Å². The molecule has 0 bridgehead atoms. The van der Waals surface area contributed by atoms with Crippen LogP contribution >= 0.6 is 0 Å². The van der Waals surface area contributed by atoms with Gasteiger partial charge < -0.3 is 10.6 Å². The lowest BCUT2D eigenvalue weighted by atomic mass is 9.96.